The minimum atomic E-state index is -0.380. The third kappa shape index (κ3) is 7.19. The molecule has 0 aliphatic carbocycles. The molecule has 3 N–H and O–H groups in total. The van der Waals surface area contributed by atoms with Gasteiger partial charge in [0.15, 0.2) is 5.96 Å². The highest BCUT2D eigenvalue weighted by molar-refractivity contribution is 14.0. The van der Waals surface area contributed by atoms with Gasteiger partial charge in [-0.05, 0) is 18.6 Å². The molecule has 1 aromatic carbocycles. The molecule has 1 aromatic rings. The Morgan fingerprint density at radius 2 is 2.19 bits per heavy atom. The van der Waals surface area contributed by atoms with Crippen molar-refractivity contribution in [3.8, 4) is 5.75 Å². The van der Waals surface area contributed by atoms with Crippen LogP contribution in [0.1, 0.15) is 13.3 Å². The molecule has 1 fully saturated rings. The lowest BCUT2D eigenvalue weighted by Crippen LogP contribution is -2.45. The number of carbonyl (C=O) groups is 2. The van der Waals surface area contributed by atoms with Gasteiger partial charge < -0.3 is 20.7 Å². The van der Waals surface area contributed by atoms with Crippen molar-refractivity contribution in [3.05, 3.63) is 30.1 Å². The molecule has 0 aromatic heterocycles. The van der Waals surface area contributed by atoms with Crippen molar-refractivity contribution in [1.29, 1.82) is 0 Å². The summed E-state index contributed by atoms with van der Waals surface area (Å²) in [5, 5.41) is 8.63. The number of benzene rings is 1. The molecule has 1 atom stereocenters. The van der Waals surface area contributed by atoms with E-state index in [1.807, 2.05) is 6.92 Å². The zero-order valence-electron chi connectivity index (χ0n) is 15.3. The predicted octanol–water partition coefficient (Wildman–Crippen LogP) is 1.32. The van der Waals surface area contributed by atoms with Gasteiger partial charge >= 0.3 is 6.03 Å². The summed E-state index contributed by atoms with van der Waals surface area (Å²) in [6.07, 6.45) is 0.560. The lowest BCUT2D eigenvalue weighted by molar-refractivity contribution is -0.124. The molecule has 2 rings (SSSR count). The van der Waals surface area contributed by atoms with E-state index in [0.717, 1.165) is 11.3 Å². The number of amides is 3. The van der Waals surface area contributed by atoms with Gasteiger partial charge in [0, 0.05) is 26.2 Å². The second-order valence-corrected chi connectivity index (χ2v) is 5.69. The van der Waals surface area contributed by atoms with Crippen molar-refractivity contribution in [3.63, 3.8) is 0 Å². The molecule has 1 heterocycles. The van der Waals surface area contributed by atoms with Gasteiger partial charge in [-0.25, -0.2) is 9.18 Å². The van der Waals surface area contributed by atoms with Crippen molar-refractivity contribution in [2.75, 3.05) is 33.2 Å². The first-order valence-corrected chi connectivity index (χ1v) is 8.48. The van der Waals surface area contributed by atoms with Crippen LogP contribution in [0.3, 0.4) is 0 Å². The fraction of sp³-hybridized carbons (Fsp3) is 0.471. The fourth-order valence-electron chi connectivity index (χ4n) is 2.40. The van der Waals surface area contributed by atoms with Crippen LogP contribution in [0.15, 0.2) is 29.3 Å². The Morgan fingerprint density at radius 3 is 2.78 bits per heavy atom. The smallest absolute Gasteiger partial charge is 0.324 e. The number of imide groups is 1. The maximum Gasteiger partial charge on any atom is 0.324 e. The van der Waals surface area contributed by atoms with Crippen LogP contribution >= 0.6 is 24.0 Å². The molecule has 1 saturated heterocycles. The van der Waals surface area contributed by atoms with E-state index in [1.165, 1.54) is 12.1 Å². The summed E-state index contributed by atoms with van der Waals surface area (Å²) in [5.74, 6) is 0.413. The van der Waals surface area contributed by atoms with Gasteiger partial charge in [0.2, 0.25) is 5.91 Å². The zero-order valence-corrected chi connectivity index (χ0v) is 17.7. The summed E-state index contributed by atoms with van der Waals surface area (Å²) >= 11 is 0. The number of hydrogen-bond donors (Lipinski definition) is 3. The number of aliphatic imine (C=N–C) groups is 1. The van der Waals surface area contributed by atoms with E-state index in [-0.39, 0.29) is 60.9 Å². The topological polar surface area (TPSA) is 95.1 Å². The monoisotopic (exact) mass is 493 g/mol. The van der Waals surface area contributed by atoms with E-state index in [0.29, 0.717) is 24.8 Å². The van der Waals surface area contributed by atoms with Crippen molar-refractivity contribution >= 4 is 41.9 Å². The zero-order chi connectivity index (χ0) is 18.9. The van der Waals surface area contributed by atoms with E-state index >= 15 is 0 Å². The van der Waals surface area contributed by atoms with Gasteiger partial charge in [-0.15, -0.1) is 24.0 Å². The Bertz CT molecular complexity index is 658. The van der Waals surface area contributed by atoms with Gasteiger partial charge in [-0.1, -0.05) is 13.0 Å². The Hall–Kier alpha value is -2.11. The lowest BCUT2D eigenvalue weighted by atomic mass is 10.2. The third-order valence-electron chi connectivity index (χ3n) is 3.84. The van der Waals surface area contributed by atoms with E-state index in [9.17, 15) is 14.0 Å². The minimum Gasteiger partial charge on any atom is -0.489 e. The van der Waals surface area contributed by atoms with Crippen molar-refractivity contribution in [1.82, 2.24) is 20.9 Å². The first kappa shape index (κ1) is 22.9. The predicted molar refractivity (Wildman–Crippen MR) is 111 cm³/mol. The van der Waals surface area contributed by atoms with E-state index < -0.39 is 0 Å². The SMILES string of the molecule is CCC(CNC(=NC)NCCN1C(=O)CNC1=O)Oc1cccc(F)c1.I. The molecule has 8 nitrogen and oxygen atoms in total. The molecule has 0 bridgehead atoms. The number of guanidine groups is 1. The standard InChI is InChI=1S/C17H24FN5O3.HI/c1-3-13(26-14-6-4-5-12(18)9-14)10-21-16(19-2)20-7-8-23-15(24)11-22-17(23)25;/h4-6,9,13H,3,7-8,10-11H2,1-2H3,(H,22,25)(H2,19,20,21);1H. The van der Waals surface area contributed by atoms with Crippen LogP contribution in [0.2, 0.25) is 0 Å². The quantitative estimate of drug-likeness (QED) is 0.220. The van der Waals surface area contributed by atoms with Gasteiger partial charge in [-0.2, -0.15) is 0 Å². The number of rotatable bonds is 8. The van der Waals surface area contributed by atoms with Gasteiger partial charge in [0.25, 0.3) is 0 Å². The van der Waals surface area contributed by atoms with E-state index in [1.54, 1.807) is 19.2 Å². The molecule has 150 valence electrons. The molecule has 1 unspecified atom stereocenters. The van der Waals surface area contributed by atoms with Crippen molar-refractivity contribution in [2.24, 2.45) is 4.99 Å². The number of carbonyl (C=O) groups excluding carboxylic acids is 2. The fourth-order valence-corrected chi connectivity index (χ4v) is 2.40. The number of hydrogen-bond acceptors (Lipinski definition) is 4. The van der Waals surface area contributed by atoms with Gasteiger partial charge in [-0.3, -0.25) is 14.7 Å². The van der Waals surface area contributed by atoms with E-state index in [4.69, 9.17) is 4.74 Å². The molecule has 1 aliphatic heterocycles. The summed E-state index contributed by atoms with van der Waals surface area (Å²) in [5.41, 5.74) is 0. The molecule has 0 spiro atoms. The number of urea groups is 1. The van der Waals surface area contributed by atoms with Gasteiger partial charge in [0.1, 0.15) is 17.7 Å². The first-order chi connectivity index (χ1) is 12.5. The molecule has 0 saturated carbocycles. The van der Waals surface area contributed by atoms with Crippen LogP contribution in [0.5, 0.6) is 5.75 Å². The second-order valence-electron chi connectivity index (χ2n) is 5.69. The van der Waals surface area contributed by atoms with E-state index in [2.05, 4.69) is 20.9 Å². The van der Waals surface area contributed by atoms with Crippen LogP contribution in [0.4, 0.5) is 9.18 Å². The summed E-state index contributed by atoms with van der Waals surface area (Å²) in [6, 6.07) is 5.63. The van der Waals surface area contributed by atoms with Crippen LogP contribution in [-0.2, 0) is 4.79 Å². The average Bonchev–Trinajstić information content (AvgIpc) is 2.95. The highest BCUT2D eigenvalue weighted by Crippen LogP contribution is 2.14. The van der Waals surface area contributed by atoms with Crippen LogP contribution in [-0.4, -0.2) is 62.1 Å². The van der Waals surface area contributed by atoms with Crippen molar-refractivity contribution < 1.29 is 18.7 Å². The summed E-state index contributed by atoms with van der Waals surface area (Å²) in [7, 11) is 1.62. The maximum atomic E-state index is 13.2. The highest BCUT2D eigenvalue weighted by Gasteiger charge is 2.27. The molecule has 0 radical (unpaired) electrons. The normalized spacial score (nSPS) is 15.1. The summed E-state index contributed by atoms with van der Waals surface area (Å²) < 4.78 is 19.0. The summed E-state index contributed by atoms with van der Waals surface area (Å²) in [4.78, 5) is 28.2. The lowest BCUT2D eigenvalue weighted by Gasteiger charge is -2.20. The summed E-state index contributed by atoms with van der Waals surface area (Å²) in [6.45, 7) is 3.11. The Labute approximate surface area is 174 Å². The molecule has 3 amide bonds. The number of halogens is 2. The van der Waals surface area contributed by atoms with Crippen LogP contribution < -0.4 is 20.7 Å². The number of nitrogens with one attached hydrogen (secondary N) is 3. The molecule has 27 heavy (non-hydrogen) atoms. The molecule has 1 aliphatic rings. The van der Waals surface area contributed by atoms with Gasteiger partial charge in [0.05, 0.1) is 13.1 Å². The molecular weight excluding hydrogens is 468 g/mol. The Kier molecular flexibility index (Phi) is 9.83. The van der Waals surface area contributed by atoms with Crippen LogP contribution in [0, 0.1) is 5.82 Å². The largest absolute Gasteiger partial charge is 0.489 e. The highest BCUT2D eigenvalue weighted by atomic mass is 127. The second kappa shape index (κ2) is 11.6. The van der Waals surface area contributed by atoms with Crippen molar-refractivity contribution in [2.45, 2.75) is 19.4 Å². The van der Waals surface area contributed by atoms with Crippen LogP contribution in [0.25, 0.3) is 0 Å². The average molecular weight is 493 g/mol. The molecule has 10 heteroatoms. The third-order valence-corrected chi connectivity index (χ3v) is 3.84. The number of ether oxygens (including phenoxy) is 1. The maximum absolute atomic E-state index is 13.2. The Balaban J connectivity index is 0.00000364. The first-order valence-electron chi connectivity index (χ1n) is 8.48. The molecular formula is C17H25FIN5O3. The number of nitrogens with zero attached hydrogens (tertiary/aromatic N) is 2. The Morgan fingerprint density at radius 1 is 1.41 bits per heavy atom. The minimum absolute atomic E-state index is 0.